The van der Waals surface area contributed by atoms with Crippen molar-refractivity contribution in [2.24, 2.45) is 5.41 Å². The van der Waals surface area contributed by atoms with Gasteiger partial charge < -0.3 is 15.3 Å². The zero-order valence-corrected chi connectivity index (χ0v) is 14.6. The van der Waals surface area contributed by atoms with Gasteiger partial charge in [-0.2, -0.15) is 0 Å². The van der Waals surface area contributed by atoms with E-state index in [0.29, 0.717) is 6.54 Å². The number of hydrogen-bond donors (Lipinski definition) is 2. The lowest BCUT2D eigenvalue weighted by atomic mass is 9.77. The number of nitrogens with one attached hydrogen (secondary N) is 1. The van der Waals surface area contributed by atoms with Gasteiger partial charge in [-0.3, -0.25) is 0 Å². The molecule has 2 rings (SSSR count). The number of hydrogen-bond acceptors (Lipinski definition) is 2. The Hall–Kier alpha value is -1.55. The van der Waals surface area contributed by atoms with Crippen LogP contribution < -0.4 is 5.32 Å². The molecule has 1 aliphatic heterocycles. The Labute approximate surface area is 139 Å². The Balaban J connectivity index is 1.86. The fraction of sp³-hybridized carbons (Fsp3) is 0.632. The number of urea groups is 1. The number of aliphatic hydroxyl groups excluding tert-OH is 1. The number of benzene rings is 1. The molecule has 1 heterocycles. The van der Waals surface area contributed by atoms with Crippen LogP contribution >= 0.6 is 0 Å². The van der Waals surface area contributed by atoms with Gasteiger partial charge in [-0.15, -0.1) is 0 Å². The van der Waals surface area contributed by atoms with Gasteiger partial charge in [0, 0.05) is 31.7 Å². The highest BCUT2D eigenvalue weighted by Gasteiger charge is 2.34. The molecule has 0 atom stereocenters. The first-order valence-electron chi connectivity index (χ1n) is 8.62. The van der Waals surface area contributed by atoms with Crippen LogP contribution in [0.5, 0.6) is 0 Å². The van der Waals surface area contributed by atoms with Crippen molar-refractivity contribution in [3.05, 3.63) is 35.9 Å². The quantitative estimate of drug-likeness (QED) is 0.876. The number of aliphatic hydroxyl groups is 1. The van der Waals surface area contributed by atoms with Gasteiger partial charge in [0.15, 0.2) is 0 Å². The molecule has 1 saturated heterocycles. The van der Waals surface area contributed by atoms with Crippen molar-refractivity contribution in [1.29, 1.82) is 0 Å². The summed E-state index contributed by atoms with van der Waals surface area (Å²) in [5, 5.41) is 12.7. The maximum absolute atomic E-state index is 12.4. The minimum absolute atomic E-state index is 0.0108. The lowest BCUT2D eigenvalue weighted by Crippen LogP contribution is -2.50. The van der Waals surface area contributed by atoms with Crippen molar-refractivity contribution >= 4 is 6.03 Å². The molecular formula is C19H30N2O2. The van der Waals surface area contributed by atoms with Crippen LogP contribution in [0.25, 0.3) is 0 Å². The molecule has 23 heavy (non-hydrogen) atoms. The number of rotatable bonds is 5. The first-order chi connectivity index (χ1) is 10.9. The standard InChI is InChI=1S/C19H30N2O2/c1-4-19(15-22)10-12-21(13-11-19)17(23)20-14-18(2,3)16-8-6-5-7-9-16/h5-9,22H,4,10-15H2,1-3H3,(H,20,23). The SMILES string of the molecule is CCC1(CO)CCN(C(=O)NCC(C)(C)c2ccccc2)CC1. The number of nitrogens with zero attached hydrogens (tertiary/aromatic N) is 1. The van der Waals surface area contributed by atoms with E-state index >= 15 is 0 Å². The predicted octanol–water partition coefficient (Wildman–Crippen LogP) is 3.16. The van der Waals surface area contributed by atoms with E-state index in [-0.39, 0.29) is 23.5 Å². The second-order valence-corrected chi connectivity index (χ2v) is 7.41. The maximum Gasteiger partial charge on any atom is 0.317 e. The molecule has 0 saturated carbocycles. The molecule has 0 bridgehead atoms. The first kappa shape index (κ1) is 17.8. The van der Waals surface area contributed by atoms with Gasteiger partial charge in [0.1, 0.15) is 0 Å². The van der Waals surface area contributed by atoms with Crippen LogP contribution in [0.2, 0.25) is 0 Å². The molecule has 4 heteroatoms. The summed E-state index contributed by atoms with van der Waals surface area (Å²) in [6.07, 6.45) is 2.74. The van der Waals surface area contributed by atoms with E-state index in [4.69, 9.17) is 0 Å². The Kier molecular flexibility index (Phi) is 5.69. The molecular weight excluding hydrogens is 288 g/mol. The van der Waals surface area contributed by atoms with Crippen LogP contribution in [-0.4, -0.2) is 42.3 Å². The zero-order chi connectivity index (χ0) is 16.9. The minimum atomic E-state index is -0.0923. The van der Waals surface area contributed by atoms with Gasteiger partial charge in [0.25, 0.3) is 0 Å². The molecule has 4 nitrogen and oxygen atoms in total. The van der Waals surface area contributed by atoms with Gasteiger partial charge in [0.05, 0.1) is 0 Å². The second kappa shape index (κ2) is 7.35. The maximum atomic E-state index is 12.4. The van der Waals surface area contributed by atoms with E-state index in [9.17, 15) is 9.90 Å². The molecule has 0 radical (unpaired) electrons. The average Bonchev–Trinajstić information content (AvgIpc) is 2.60. The Bertz CT molecular complexity index is 499. The van der Waals surface area contributed by atoms with E-state index in [0.717, 1.165) is 32.4 Å². The Morgan fingerprint density at radius 3 is 2.39 bits per heavy atom. The lowest BCUT2D eigenvalue weighted by molar-refractivity contribution is 0.0518. The first-order valence-corrected chi connectivity index (χ1v) is 8.62. The number of likely N-dealkylation sites (tertiary alicyclic amines) is 1. The molecule has 0 aliphatic carbocycles. The molecule has 1 aromatic carbocycles. The fourth-order valence-corrected chi connectivity index (χ4v) is 3.21. The summed E-state index contributed by atoms with van der Waals surface area (Å²) in [4.78, 5) is 14.3. The summed E-state index contributed by atoms with van der Waals surface area (Å²) >= 11 is 0. The molecule has 0 spiro atoms. The van der Waals surface area contributed by atoms with Crippen molar-refractivity contribution in [3.63, 3.8) is 0 Å². The van der Waals surface area contributed by atoms with Crippen molar-refractivity contribution in [3.8, 4) is 0 Å². The predicted molar refractivity (Wildman–Crippen MR) is 93.5 cm³/mol. The summed E-state index contributed by atoms with van der Waals surface area (Å²) in [6.45, 7) is 8.71. The van der Waals surface area contributed by atoms with Crippen LogP contribution in [0.3, 0.4) is 0 Å². The van der Waals surface area contributed by atoms with Gasteiger partial charge in [0.2, 0.25) is 0 Å². The highest BCUT2D eigenvalue weighted by molar-refractivity contribution is 5.74. The molecule has 128 valence electrons. The topological polar surface area (TPSA) is 52.6 Å². The smallest absolute Gasteiger partial charge is 0.317 e. The van der Waals surface area contributed by atoms with Crippen molar-refractivity contribution < 1.29 is 9.90 Å². The van der Waals surface area contributed by atoms with Crippen LogP contribution in [0.15, 0.2) is 30.3 Å². The number of carbonyl (C=O) groups is 1. The van der Waals surface area contributed by atoms with Crippen LogP contribution in [-0.2, 0) is 5.41 Å². The monoisotopic (exact) mass is 318 g/mol. The van der Waals surface area contributed by atoms with Crippen LogP contribution in [0.4, 0.5) is 4.79 Å². The number of piperidine rings is 1. The molecule has 1 aromatic rings. The number of amides is 2. The Morgan fingerprint density at radius 2 is 1.87 bits per heavy atom. The molecule has 0 unspecified atom stereocenters. The number of carbonyl (C=O) groups excluding carboxylic acids is 1. The average molecular weight is 318 g/mol. The molecule has 1 fully saturated rings. The molecule has 2 amide bonds. The van der Waals surface area contributed by atoms with E-state index in [1.54, 1.807) is 0 Å². The summed E-state index contributed by atoms with van der Waals surface area (Å²) in [6, 6.07) is 10.3. The molecule has 2 N–H and O–H groups in total. The third-order valence-corrected chi connectivity index (χ3v) is 5.43. The Morgan fingerprint density at radius 1 is 1.26 bits per heavy atom. The van der Waals surface area contributed by atoms with Gasteiger partial charge >= 0.3 is 6.03 Å². The summed E-state index contributed by atoms with van der Waals surface area (Å²) in [5.74, 6) is 0. The minimum Gasteiger partial charge on any atom is -0.396 e. The van der Waals surface area contributed by atoms with E-state index in [2.05, 4.69) is 38.2 Å². The van der Waals surface area contributed by atoms with E-state index in [1.807, 2.05) is 23.1 Å². The third kappa shape index (κ3) is 4.25. The second-order valence-electron chi connectivity index (χ2n) is 7.41. The largest absolute Gasteiger partial charge is 0.396 e. The summed E-state index contributed by atoms with van der Waals surface area (Å²) < 4.78 is 0. The van der Waals surface area contributed by atoms with Gasteiger partial charge in [-0.05, 0) is 30.2 Å². The molecule has 1 aliphatic rings. The van der Waals surface area contributed by atoms with Crippen molar-refractivity contribution in [1.82, 2.24) is 10.2 Å². The highest BCUT2D eigenvalue weighted by Crippen LogP contribution is 2.34. The summed E-state index contributed by atoms with van der Waals surface area (Å²) in [7, 11) is 0. The molecule has 0 aromatic heterocycles. The van der Waals surface area contributed by atoms with Crippen molar-refractivity contribution in [2.45, 2.75) is 45.4 Å². The van der Waals surface area contributed by atoms with E-state index in [1.165, 1.54) is 5.56 Å². The van der Waals surface area contributed by atoms with Crippen molar-refractivity contribution in [2.75, 3.05) is 26.2 Å². The van der Waals surface area contributed by atoms with Crippen LogP contribution in [0.1, 0.15) is 45.6 Å². The zero-order valence-electron chi connectivity index (χ0n) is 14.6. The van der Waals surface area contributed by atoms with E-state index < -0.39 is 0 Å². The fourth-order valence-electron chi connectivity index (χ4n) is 3.21. The lowest BCUT2D eigenvalue weighted by Gasteiger charge is -2.40. The van der Waals surface area contributed by atoms with Gasteiger partial charge in [-0.25, -0.2) is 4.79 Å². The summed E-state index contributed by atoms with van der Waals surface area (Å²) in [5.41, 5.74) is 1.15. The highest BCUT2D eigenvalue weighted by atomic mass is 16.3. The van der Waals surface area contributed by atoms with Gasteiger partial charge in [-0.1, -0.05) is 51.1 Å². The van der Waals surface area contributed by atoms with Crippen LogP contribution in [0, 0.1) is 5.41 Å². The normalized spacial score (nSPS) is 17.8. The third-order valence-electron chi connectivity index (χ3n) is 5.43.